The summed E-state index contributed by atoms with van der Waals surface area (Å²) in [6.07, 6.45) is 0. The van der Waals surface area contributed by atoms with Crippen molar-refractivity contribution in [3.63, 3.8) is 0 Å². The monoisotopic (exact) mass is 257 g/mol. The van der Waals surface area contributed by atoms with E-state index in [1.165, 1.54) is 14.1 Å². The Kier molecular flexibility index (Phi) is 4.08. The Balaban J connectivity index is 3.94. The summed E-state index contributed by atoms with van der Waals surface area (Å²) >= 11 is 1.60. The molecule has 0 spiro atoms. The van der Waals surface area contributed by atoms with Gasteiger partial charge in [-0.15, -0.1) is 0 Å². The number of carbonyl (C=O) groups excluding carboxylic acids is 2. The minimum atomic E-state index is -0.444. The maximum absolute atomic E-state index is 10.7. The Hall–Kier alpha value is -0.530. The number of hydrogen-bond acceptors (Lipinski definition) is 2. The van der Waals surface area contributed by atoms with E-state index in [0.717, 1.165) is 3.11 Å². The fraction of sp³-hybridized carbons (Fsp3) is 0.500. The van der Waals surface area contributed by atoms with Crippen LogP contribution in [-0.4, -0.2) is 29.3 Å². The first-order valence-corrected chi connectivity index (χ1v) is 3.49. The second-order valence-corrected chi connectivity index (χ2v) is 2.36. The first kappa shape index (κ1) is 9.47. The molecule has 0 saturated carbocycles. The van der Waals surface area contributed by atoms with Gasteiger partial charge < -0.3 is 10.6 Å². The molecule has 10 heavy (non-hydrogen) atoms. The van der Waals surface area contributed by atoms with Crippen LogP contribution in [0, 0.1) is 0 Å². The zero-order valence-corrected chi connectivity index (χ0v) is 7.80. The fourth-order valence-electron chi connectivity index (χ4n) is 0.289. The predicted molar refractivity (Wildman–Crippen MR) is 44.8 cm³/mol. The second kappa shape index (κ2) is 4.31. The molecule has 0 atom stereocenters. The van der Waals surface area contributed by atoms with E-state index < -0.39 is 12.1 Å². The number of carbonyl (C=O) groups is 2. The lowest BCUT2D eigenvalue weighted by Crippen LogP contribution is -2.39. The highest BCUT2D eigenvalue weighted by molar-refractivity contribution is 14.1. The second-order valence-electron chi connectivity index (χ2n) is 1.39. The van der Waals surface area contributed by atoms with Gasteiger partial charge in [0, 0.05) is 14.1 Å². The van der Waals surface area contributed by atoms with Crippen molar-refractivity contribution in [2.75, 3.05) is 14.1 Å². The van der Waals surface area contributed by atoms with Crippen LogP contribution in [0.1, 0.15) is 0 Å². The predicted octanol–water partition coefficient (Wildman–Crippen LogP) is 0.317. The molecule has 0 unspecified atom stereocenters. The summed E-state index contributed by atoms with van der Waals surface area (Å²) < 4.78 is 0.914. The van der Waals surface area contributed by atoms with Gasteiger partial charge in [0.25, 0.3) is 0 Å². The third-order valence-corrected chi connectivity index (χ3v) is 1.66. The van der Waals surface area contributed by atoms with Crippen molar-refractivity contribution < 1.29 is 9.59 Å². The number of imide groups is 1. The number of amides is 4. The van der Waals surface area contributed by atoms with E-state index in [1.807, 2.05) is 0 Å². The van der Waals surface area contributed by atoms with E-state index in [1.54, 1.807) is 22.9 Å². The summed E-state index contributed by atoms with van der Waals surface area (Å²) in [5.74, 6) is 0. The minimum absolute atomic E-state index is 0.444. The Bertz CT molecular complexity index is 133. The molecule has 0 aromatic carbocycles. The van der Waals surface area contributed by atoms with Gasteiger partial charge in [0.05, 0.1) is 22.9 Å². The van der Waals surface area contributed by atoms with Crippen LogP contribution >= 0.6 is 22.9 Å². The van der Waals surface area contributed by atoms with Crippen LogP contribution in [0.5, 0.6) is 0 Å². The van der Waals surface area contributed by atoms with E-state index in [0.29, 0.717) is 0 Å². The molecule has 0 aromatic rings. The summed E-state index contributed by atoms with van der Waals surface area (Å²) in [5.41, 5.74) is 0. The van der Waals surface area contributed by atoms with Gasteiger partial charge in [-0.3, -0.25) is 0 Å². The van der Waals surface area contributed by atoms with Crippen molar-refractivity contribution in [3.8, 4) is 0 Å². The molecule has 58 valence electrons. The topological polar surface area (TPSA) is 61.4 Å². The maximum atomic E-state index is 10.7. The molecule has 0 aliphatic heterocycles. The molecule has 0 saturated heterocycles. The zero-order chi connectivity index (χ0) is 8.15. The molecule has 0 fully saturated rings. The molecule has 2 N–H and O–H groups in total. The first-order valence-electron chi connectivity index (χ1n) is 2.52. The molecule has 6 heteroatoms. The largest absolute Gasteiger partial charge is 0.340 e. The molecule has 5 nitrogen and oxygen atoms in total. The Morgan fingerprint density at radius 2 is 1.50 bits per heavy atom. The number of hydrogen-bond donors (Lipinski definition) is 2. The normalized spacial score (nSPS) is 8.30. The SMILES string of the molecule is CNC(=O)N(I)C(=O)NC. The van der Waals surface area contributed by atoms with Gasteiger partial charge in [-0.25, -0.2) is 9.59 Å². The molecule has 4 amide bonds. The lowest BCUT2D eigenvalue weighted by Gasteiger charge is -2.09. The smallest absolute Gasteiger partial charge is 0.334 e. The zero-order valence-electron chi connectivity index (χ0n) is 5.64. The number of urea groups is 2. The van der Waals surface area contributed by atoms with Gasteiger partial charge in [0.2, 0.25) is 0 Å². The lowest BCUT2D eigenvalue weighted by molar-refractivity contribution is 0.216. The first-order chi connectivity index (χ1) is 4.63. The average molecular weight is 257 g/mol. The standard InChI is InChI=1S/C4H8IN3O2/c1-6-3(9)8(5)4(10)7-2/h1-2H3,(H,6,9)(H,7,10). The fourth-order valence-corrected chi connectivity index (χ4v) is 0.771. The van der Waals surface area contributed by atoms with Crippen LogP contribution < -0.4 is 10.6 Å². The summed E-state index contributed by atoms with van der Waals surface area (Å²) in [6.45, 7) is 0. The summed E-state index contributed by atoms with van der Waals surface area (Å²) in [7, 11) is 2.91. The third-order valence-electron chi connectivity index (χ3n) is 0.784. The Morgan fingerprint density at radius 1 is 1.20 bits per heavy atom. The van der Waals surface area contributed by atoms with Gasteiger partial charge in [-0.05, 0) is 0 Å². The Morgan fingerprint density at radius 3 is 1.70 bits per heavy atom. The van der Waals surface area contributed by atoms with E-state index in [-0.39, 0.29) is 0 Å². The van der Waals surface area contributed by atoms with E-state index in [4.69, 9.17) is 0 Å². The van der Waals surface area contributed by atoms with Crippen molar-refractivity contribution in [2.45, 2.75) is 0 Å². The molecular formula is C4H8IN3O2. The molecule has 0 radical (unpaired) electrons. The summed E-state index contributed by atoms with van der Waals surface area (Å²) in [5, 5.41) is 4.60. The molecule has 0 heterocycles. The molecular weight excluding hydrogens is 249 g/mol. The number of halogens is 1. The summed E-state index contributed by atoms with van der Waals surface area (Å²) in [6, 6.07) is -0.889. The number of rotatable bonds is 0. The van der Waals surface area contributed by atoms with Crippen molar-refractivity contribution in [2.24, 2.45) is 0 Å². The highest BCUT2D eigenvalue weighted by Gasteiger charge is 2.14. The van der Waals surface area contributed by atoms with E-state index in [2.05, 4.69) is 10.6 Å². The van der Waals surface area contributed by atoms with Crippen LogP contribution in [0.3, 0.4) is 0 Å². The van der Waals surface area contributed by atoms with Crippen molar-refractivity contribution >= 4 is 34.9 Å². The molecule has 0 rings (SSSR count). The van der Waals surface area contributed by atoms with Gasteiger partial charge in [0.1, 0.15) is 0 Å². The van der Waals surface area contributed by atoms with Crippen LogP contribution in [0.2, 0.25) is 0 Å². The number of nitrogens with zero attached hydrogens (tertiary/aromatic N) is 1. The van der Waals surface area contributed by atoms with Crippen molar-refractivity contribution in [1.82, 2.24) is 13.7 Å². The van der Waals surface area contributed by atoms with E-state index in [9.17, 15) is 9.59 Å². The third kappa shape index (κ3) is 2.38. The van der Waals surface area contributed by atoms with Gasteiger partial charge >= 0.3 is 12.1 Å². The highest BCUT2D eigenvalue weighted by atomic mass is 127. The number of nitrogens with one attached hydrogen (secondary N) is 2. The lowest BCUT2D eigenvalue weighted by atomic mass is 10.8. The van der Waals surface area contributed by atoms with E-state index >= 15 is 0 Å². The summed E-state index contributed by atoms with van der Waals surface area (Å²) in [4.78, 5) is 21.3. The van der Waals surface area contributed by atoms with Crippen molar-refractivity contribution in [3.05, 3.63) is 0 Å². The van der Waals surface area contributed by atoms with Gasteiger partial charge in [-0.2, -0.15) is 3.11 Å². The quantitative estimate of drug-likeness (QED) is 0.485. The average Bonchev–Trinajstić information content (AvgIpc) is 2.00. The van der Waals surface area contributed by atoms with Crippen LogP contribution in [0.15, 0.2) is 0 Å². The van der Waals surface area contributed by atoms with Crippen LogP contribution in [-0.2, 0) is 0 Å². The van der Waals surface area contributed by atoms with Gasteiger partial charge in [-0.1, -0.05) is 0 Å². The highest BCUT2D eigenvalue weighted by Crippen LogP contribution is 1.97. The maximum Gasteiger partial charge on any atom is 0.334 e. The van der Waals surface area contributed by atoms with Gasteiger partial charge in [0.15, 0.2) is 0 Å². The Labute approximate surface area is 72.6 Å². The molecule has 0 aromatic heterocycles. The van der Waals surface area contributed by atoms with Crippen LogP contribution in [0.4, 0.5) is 9.59 Å². The minimum Gasteiger partial charge on any atom is -0.340 e. The molecule has 0 bridgehead atoms. The van der Waals surface area contributed by atoms with Crippen molar-refractivity contribution in [1.29, 1.82) is 0 Å². The van der Waals surface area contributed by atoms with Crippen LogP contribution in [0.25, 0.3) is 0 Å². The molecule has 0 aliphatic carbocycles. The molecule has 0 aliphatic rings.